The second-order valence-corrected chi connectivity index (χ2v) is 13.9. The first-order valence-electron chi connectivity index (χ1n) is 14.9. The van der Waals surface area contributed by atoms with Crippen LogP contribution < -0.4 is 16.0 Å². The lowest BCUT2D eigenvalue weighted by Crippen LogP contribution is -2.58. The van der Waals surface area contributed by atoms with Gasteiger partial charge in [0.25, 0.3) is 5.91 Å². The van der Waals surface area contributed by atoms with Crippen LogP contribution >= 0.6 is 7.60 Å². The number of fused-ring (bicyclic) bond motifs is 3. The van der Waals surface area contributed by atoms with Gasteiger partial charge in [0.05, 0.1) is 24.5 Å². The van der Waals surface area contributed by atoms with Crippen LogP contribution in [0.25, 0.3) is 5.76 Å². The highest BCUT2D eigenvalue weighted by Crippen LogP contribution is 2.62. The van der Waals surface area contributed by atoms with Crippen LogP contribution in [0.1, 0.15) is 49.2 Å². The normalized spacial score (nSPS) is 23.4. The van der Waals surface area contributed by atoms with E-state index in [1.54, 1.807) is 69.2 Å². The summed E-state index contributed by atoms with van der Waals surface area (Å²) in [5.74, 6) is -8.26. The number of hydrogen-bond acceptors (Lipinski definition) is 12. The number of aliphatic hydroxyl groups excluding tert-OH is 2. The number of amides is 1. The predicted molar refractivity (Wildman–Crippen MR) is 169 cm³/mol. The van der Waals surface area contributed by atoms with Gasteiger partial charge in [0.2, 0.25) is 5.78 Å². The molecule has 3 aliphatic rings. The molecule has 13 nitrogen and oxygen atoms in total. The Morgan fingerprint density at radius 3 is 2.30 bits per heavy atom. The maximum Gasteiger partial charge on any atom is 0.357 e. The number of nitrogens with two attached hydrogens (primary N) is 1. The van der Waals surface area contributed by atoms with Crippen LogP contribution in [0.4, 0.5) is 11.4 Å². The SMILES string of the molecule is CCOP(=O)(OCC)C(Nc1cc(N(C)C)c2c(c1O)C(O)=C1C(=O)[C@]3(O)C(O)=C(C(N)=O)C(=O)C[C@@H]3C[C@@H]1C2)c1ccccc1. The van der Waals surface area contributed by atoms with E-state index in [1.165, 1.54) is 0 Å². The molecule has 14 heteroatoms. The van der Waals surface area contributed by atoms with Gasteiger partial charge in [-0.25, -0.2) is 0 Å². The highest BCUT2D eigenvalue weighted by Gasteiger charge is 2.60. The summed E-state index contributed by atoms with van der Waals surface area (Å²) in [5, 5.41) is 49.0. The first kappa shape index (κ1) is 33.2. The number of benzene rings is 2. The van der Waals surface area contributed by atoms with Gasteiger partial charge >= 0.3 is 7.60 Å². The number of aromatic hydroxyl groups is 1. The zero-order valence-corrected chi connectivity index (χ0v) is 26.8. The lowest BCUT2D eigenvalue weighted by molar-refractivity contribution is -0.147. The number of aliphatic hydroxyl groups is 3. The Kier molecular flexibility index (Phi) is 8.82. The highest BCUT2D eigenvalue weighted by molar-refractivity contribution is 7.54. The Hall–Kier alpha value is -4.16. The van der Waals surface area contributed by atoms with Gasteiger partial charge in [-0.2, -0.15) is 0 Å². The molecule has 7 N–H and O–H groups in total. The van der Waals surface area contributed by atoms with Crippen LogP contribution in [0.15, 0.2) is 53.3 Å². The molecule has 0 bridgehead atoms. The van der Waals surface area contributed by atoms with Gasteiger partial charge in [0, 0.05) is 37.7 Å². The number of ketones is 2. The van der Waals surface area contributed by atoms with E-state index in [0.29, 0.717) is 16.8 Å². The maximum absolute atomic E-state index is 14.1. The predicted octanol–water partition coefficient (Wildman–Crippen LogP) is 3.87. The molecule has 2 aromatic carbocycles. The first-order valence-corrected chi connectivity index (χ1v) is 16.6. The summed E-state index contributed by atoms with van der Waals surface area (Å²) in [5.41, 5.74) is 3.02. The van der Waals surface area contributed by atoms with E-state index < -0.39 is 77.6 Å². The van der Waals surface area contributed by atoms with E-state index in [1.807, 2.05) is 0 Å². The Balaban J connectivity index is 1.69. The van der Waals surface area contributed by atoms with E-state index >= 15 is 0 Å². The maximum atomic E-state index is 14.1. The molecule has 3 aliphatic carbocycles. The number of anilines is 2. The molecule has 0 heterocycles. The van der Waals surface area contributed by atoms with Crippen molar-refractivity contribution in [3.63, 3.8) is 0 Å². The van der Waals surface area contributed by atoms with Crippen molar-refractivity contribution in [1.29, 1.82) is 0 Å². The number of Topliss-reactive ketones (excluding diaryl/α,β-unsaturated/α-hetero) is 2. The molecule has 0 radical (unpaired) electrons. The Morgan fingerprint density at radius 1 is 1.11 bits per heavy atom. The second-order valence-electron chi connectivity index (χ2n) is 11.8. The molecule has 1 amide bonds. The molecule has 2 aromatic rings. The topological polar surface area (TPSA) is 209 Å². The number of nitrogens with zero attached hydrogens (tertiary/aromatic N) is 1. The lowest BCUT2D eigenvalue weighted by Gasteiger charge is -2.46. The number of phenols is 1. The summed E-state index contributed by atoms with van der Waals surface area (Å²) < 4.78 is 25.4. The van der Waals surface area contributed by atoms with Gasteiger partial charge < -0.3 is 45.4 Å². The van der Waals surface area contributed by atoms with Gasteiger partial charge in [-0.3, -0.25) is 18.9 Å². The van der Waals surface area contributed by atoms with Crippen molar-refractivity contribution in [2.45, 2.75) is 44.5 Å². The van der Waals surface area contributed by atoms with Gasteiger partial charge in [-0.15, -0.1) is 0 Å². The van der Waals surface area contributed by atoms with Gasteiger partial charge in [-0.1, -0.05) is 30.3 Å². The molecule has 0 spiro atoms. The van der Waals surface area contributed by atoms with Crippen molar-refractivity contribution in [3.8, 4) is 5.75 Å². The zero-order chi connectivity index (χ0) is 33.7. The molecule has 0 saturated heterocycles. The molecule has 1 fully saturated rings. The fourth-order valence-corrected chi connectivity index (χ4v) is 8.78. The van der Waals surface area contributed by atoms with E-state index in [9.17, 15) is 39.4 Å². The summed E-state index contributed by atoms with van der Waals surface area (Å²) in [6, 6.07) is 10.4. The first-order chi connectivity index (χ1) is 21.7. The minimum Gasteiger partial charge on any atom is -0.508 e. The Bertz CT molecular complexity index is 1710. The van der Waals surface area contributed by atoms with Gasteiger partial charge in [-0.05, 0) is 49.8 Å². The molecule has 5 rings (SSSR count). The number of primary amides is 1. The van der Waals surface area contributed by atoms with Crippen molar-refractivity contribution >= 4 is 42.2 Å². The summed E-state index contributed by atoms with van der Waals surface area (Å²) in [4.78, 5) is 40.3. The minimum atomic E-state index is -3.90. The Labute approximate surface area is 265 Å². The van der Waals surface area contributed by atoms with Crippen LogP contribution in [0.2, 0.25) is 0 Å². The quantitative estimate of drug-likeness (QED) is 0.122. The molecule has 1 unspecified atom stereocenters. The van der Waals surface area contributed by atoms with E-state index in [4.69, 9.17) is 14.8 Å². The van der Waals surface area contributed by atoms with Crippen LogP contribution in [0.5, 0.6) is 5.75 Å². The van der Waals surface area contributed by atoms with Crippen molar-refractivity contribution in [2.75, 3.05) is 37.5 Å². The Morgan fingerprint density at radius 2 is 1.74 bits per heavy atom. The number of carbonyl (C=O) groups excluding carboxylic acids is 3. The van der Waals surface area contributed by atoms with Crippen LogP contribution in [0.3, 0.4) is 0 Å². The largest absolute Gasteiger partial charge is 0.508 e. The van der Waals surface area contributed by atoms with Gasteiger partial charge in [0.15, 0.2) is 17.2 Å². The molecular formula is C32H38N3O10P. The second kappa shape index (κ2) is 12.2. The van der Waals surface area contributed by atoms with Crippen molar-refractivity contribution < 1.29 is 48.4 Å². The smallest absolute Gasteiger partial charge is 0.357 e. The molecule has 0 aliphatic heterocycles. The van der Waals surface area contributed by atoms with E-state index in [0.717, 1.165) is 0 Å². The van der Waals surface area contributed by atoms with Gasteiger partial charge in [0.1, 0.15) is 22.8 Å². The molecule has 246 valence electrons. The third kappa shape index (κ3) is 5.17. The lowest BCUT2D eigenvalue weighted by atomic mass is 9.59. The summed E-state index contributed by atoms with van der Waals surface area (Å²) >= 11 is 0. The summed E-state index contributed by atoms with van der Waals surface area (Å²) in [7, 11) is -0.389. The monoisotopic (exact) mass is 655 g/mol. The molecule has 0 aromatic heterocycles. The minimum absolute atomic E-state index is 0.0124. The molecule has 46 heavy (non-hydrogen) atoms. The number of phenolic OH excluding ortho intramolecular Hbond substituents is 1. The highest BCUT2D eigenvalue weighted by atomic mass is 31.2. The molecule has 1 saturated carbocycles. The standard InChI is InChI=1S/C32H38N3O10P/c1-5-44-46(43,45-6-2)31(16-10-8-7-9-11-16)34-20-15-21(35(3)4)19-13-17-12-18-14-22(36)25(30(33)41)29(40)32(18,42)28(39)23(17)27(38)24(19)26(20)37/h7-11,15,17-18,31,34,37-38,40,42H,5-6,12-14H2,1-4H3,(H2,33,41)/t17-,18+,31?,32+/m1/s1. The fourth-order valence-electron chi connectivity index (χ4n) is 6.85. The third-order valence-corrected chi connectivity index (χ3v) is 11.2. The van der Waals surface area contributed by atoms with Crippen LogP contribution in [0, 0.1) is 11.8 Å². The number of hydrogen-bond donors (Lipinski definition) is 6. The van der Waals surface area contributed by atoms with Crippen LogP contribution in [-0.2, 0) is 34.4 Å². The zero-order valence-electron chi connectivity index (χ0n) is 25.9. The van der Waals surface area contributed by atoms with E-state index in [2.05, 4.69) is 5.32 Å². The third-order valence-electron chi connectivity index (χ3n) is 8.86. The molecular weight excluding hydrogens is 617 g/mol. The van der Waals surface area contributed by atoms with Crippen molar-refractivity contribution in [1.82, 2.24) is 0 Å². The van der Waals surface area contributed by atoms with Crippen LogP contribution in [-0.4, -0.2) is 70.8 Å². The summed E-state index contributed by atoms with van der Waals surface area (Å²) in [6.45, 7) is 3.50. The number of rotatable bonds is 10. The average molecular weight is 656 g/mol. The fraction of sp³-hybridized carbons (Fsp3) is 0.406. The summed E-state index contributed by atoms with van der Waals surface area (Å²) in [6.07, 6.45) is -0.260. The average Bonchev–Trinajstić information content (AvgIpc) is 2.98. The van der Waals surface area contributed by atoms with E-state index in [-0.39, 0.29) is 42.9 Å². The van der Waals surface area contributed by atoms with Crippen molar-refractivity contribution in [3.05, 3.63) is 70.0 Å². The number of nitrogens with one attached hydrogen (secondary N) is 1. The molecule has 4 atom stereocenters. The van der Waals surface area contributed by atoms with Crippen molar-refractivity contribution in [2.24, 2.45) is 17.6 Å². The number of carbonyl (C=O) groups is 3.